The number of hydrogen-bond donors (Lipinski definition) is 3. The van der Waals surface area contributed by atoms with Gasteiger partial charge in [0.2, 0.25) is 5.91 Å². The Morgan fingerprint density at radius 2 is 2.00 bits per heavy atom. The molecule has 7 nitrogen and oxygen atoms in total. The minimum atomic E-state index is -0.441. The van der Waals surface area contributed by atoms with Crippen LogP contribution in [0.15, 0.2) is 42.7 Å². The smallest absolute Gasteiger partial charge is 0.245 e. The first-order valence-electron chi connectivity index (χ1n) is 10.6. The van der Waals surface area contributed by atoms with Crippen LogP contribution in [0.2, 0.25) is 0 Å². The molecule has 31 heavy (non-hydrogen) atoms. The van der Waals surface area contributed by atoms with E-state index >= 15 is 0 Å². The number of thiazole rings is 1. The van der Waals surface area contributed by atoms with Crippen LogP contribution in [0.4, 0.5) is 11.6 Å². The molecule has 3 heterocycles. The summed E-state index contributed by atoms with van der Waals surface area (Å²) in [5, 5.41) is 16.0. The summed E-state index contributed by atoms with van der Waals surface area (Å²) in [7, 11) is 0. The number of nitrogens with one attached hydrogen (secondary N) is 2. The van der Waals surface area contributed by atoms with Gasteiger partial charge in [-0.25, -0.2) is 15.0 Å². The summed E-state index contributed by atoms with van der Waals surface area (Å²) < 4.78 is 0. The predicted molar refractivity (Wildman–Crippen MR) is 122 cm³/mol. The number of aromatic nitrogens is 3. The lowest BCUT2D eigenvalue weighted by molar-refractivity contribution is -0.124. The molecule has 0 radical (unpaired) electrons. The first-order valence-corrected chi connectivity index (χ1v) is 11.4. The highest BCUT2D eigenvalue weighted by Gasteiger charge is 2.25. The lowest BCUT2D eigenvalue weighted by atomic mass is 9.82. The summed E-state index contributed by atoms with van der Waals surface area (Å²) in [6.07, 6.45) is 7.97. The highest BCUT2D eigenvalue weighted by molar-refractivity contribution is 7.15. The van der Waals surface area contributed by atoms with Crippen LogP contribution in [0.1, 0.15) is 42.2 Å². The number of amides is 1. The molecule has 162 valence electrons. The number of aryl methyl sites for hydroxylation is 1. The molecule has 0 aliphatic heterocycles. The second kappa shape index (κ2) is 9.98. The van der Waals surface area contributed by atoms with Crippen molar-refractivity contribution in [3.8, 4) is 10.6 Å². The average Bonchev–Trinajstić information content (AvgIpc) is 3.28. The van der Waals surface area contributed by atoms with Crippen molar-refractivity contribution in [2.24, 2.45) is 5.92 Å². The standard InChI is InChI=1S/C23H27N5O2S/c1-15-9-10-24-21(11-15)28-20-4-2-3-18(27-20)19-13-26-23(31-19)17-7-5-16(6-8-17)12-25-22(30)14-29/h2-4,9-11,13,16-17,29H,5-8,12,14H2,1H3,(H,25,30)(H,24,27,28)/t16-,17-. The Hall–Kier alpha value is -2.84. The molecule has 1 saturated carbocycles. The molecule has 1 aliphatic rings. The lowest BCUT2D eigenvalue weighted by Crippen LogP contribution is -2.32. The van der Waals surface area contributed by atoms with Crippen LogP contribution in [-0.4, -0.2) is 39.1 Å². The molecule has 3 aromatic rings. The SMILES string of the molecule is Cc1ccnc(Nc2cccc(-c3cnc([C@H]4CC[C@H](CNC(=O)CO)CC4)s3)n2)c1. The van der Waals surface area contributed by atoms with Crippen molar-refractivity contribution in [1.29, 1.82) is 0 Å². The number of aliphatic hydroxyl groups excluding tert-OH is 1. The summed E-state index contributed by atoms with van der Waals surface area (Å²) in [4.78, 5) is 26.1. The maximum atomic E-state index is 11.2. The van der Waals surface area contributed by atoms with Crippen LogP contribution < -0.4 is 10.6 Å². The molecule has 3 aromatic heterocycles. The molecule has 0 atom stereocenters. The predicted octanol–water partition coefficient (Wildman–Crippen LogP) is 4.03. The zero-order chi connectivity index (χ0) is 21.6. The van der Waals surface area contributed by atoms with Crippen LogP contribution in [0.25, 0.3) is 10.6 Å². The van der Waals surface area contributed by atoms with Crippen molar-refractivity contribution in [3.63, 3.8) is 0 Å². The molecule has 8 heteroatoms. The third-order valence-corrected chi connectivity index (χ3v) is 6.81. The quantitative estimate of drug-likeness (QED) is 0.516. The van der Waals surface area contributed by atoms with Gasteiger partial charge in [-0.1, -0.05) is 6.07 Å². The fourth-order valence-corrected chi connectivity index (χ4v) is 4.96. The van der Waals surface area contributed by atoms with Gasteiger partial charge in [0.1, 0.15) is 18.2 Å². The zero-order valence-electron chi connectivity index (χ0n) is 17.5. The zero-order valence-corrected chi connectivity index (χ0v) is 18.4. The monoisotopic (exact) mass is 437 g/mol. The molecular formula is C23H27N5O2S. The number of carbonyl (C=O) groups is 1. The molecule has 0 aromatic carbocycles. The van der Waals surface area contributed by atoms with E-state index in [4.69, 9.17) is 15.1 Å². The topological polar surface area (TPSA) is 100 Å². The Labute approximate surface area is 186 Å². The molecule has 0 bridgehead atoms. The Morgan fingerprint density at radius 3 is 2.77 bits per heavy atom. The van der Waals surface area contributed by atoms with Gasteiger partial charge in [-0.2, -0.15) is 0 Å². The Balaban J connectivity index is 1.37. The second-order valence-corrected chi connectivity index (χ2v) is 9.06. The average molecular weight is 438 g/mol. The van der Waals surface area contributed by atoms with Crippen LogP contribution >= 0.6 is 11.3 Å². The van der Waals surface area contributed by atoms with Crippen molar-refractivity contribution < 1.29 is 9.90 Å². The number of pyridine rings is 2. The van der Waals surface area contributed by atoms with Crippen molar-refractivity contribution in [2.45, 2.75) is 38.5 Å². The van der Waals surface area contributed by atoms with Crippen molar-refractivity contribution >= 4 is 28.9 Å². The molecule has 1 aliphatic carbocycles. The molecule has 0 spiro atoms. The molecule has 1 fully saturated rings. The normalized spacial score (nSPS) is 18.5. The van der Waals surface area contributed by atoms with Gasteiger partial charge < -0.3 is 15.7 Å². The number of nitrogens with zero attached hydrogens (tertiary/aromatic N) is 3. The minimum absolute atomic E-state index is 0.297. The van der Waals surface area contributed by atoms with Crippen LogP contribution in [0.5, 0.6) is 0 Å². The Kier molecular flexibility index (Phi) is 6.89. The third kappa shape index (κ3) is 5.65. The van der Waals surface area contributed by atoms with Gasteiger partial charge in [-0.05, 0) is 68.4 Å². The fourth-order valence-electron chi connectivity index (χ4n) is 3.90. The van der Waals surface area contributed by atoms with Gasteiger partial charge in [0, 0.05) is 24.9 Å². The van der Waals surface area contributed by atoms with E-state index in [1.54, 1.807) is 17.5 Å². The summed E-state index contributed by atoms with van der Waals surface area (Å²) >= 11 is 1.71. The highest BCUT2D eigenvalue weighted by atomic mass is 32.1. The number of hydrogen-bond acceptors (Lipinski definition) is 7. The van der Waals surface area contributed by atoms with Gasteiger partial charge in [0.15, 0.2) is 0 Å². The van der Waals surface area contributed by atoms with Gasteiger partial charge in [0.05, 0.1) is 15.6 Å². The van der Waals surface area contributed by atoms with Crippen molar-refractivity contribution in [3.05, 3.63) is 53.3 Å². The van der Waals surface area contributed by atoms with E-state index in [0.717, 1.165) is 58.5 Å². The Morgan fingerprint density at radius 1 is 1.16 bits per heavy atom. The number of aliphatic hydroxyl groups is 1. The van der Waals surface area contributed by atoms with Crippen LogP contribution in [0.3, 0.4) is 0 Å². The van der Waals surface area contributed by atoms with E-state index in [-0.39, 0.29) is 5.91 Å². The number of rotatable bonds is 7. The summed E-state index contributed by atoms with van der Waals surface area (Å²) in [6, 6.07) is 9.89. The van der Waals surface area contributed by atoms with Crippen molar-refractivity contribution in [1.82, 2.24) is 20.3 Å². The number of carbonyl (C=O) groups excluding carboxylic acids is 1. The molecule has 3 N–H and O–H groups in total. The molecule has 4 rings (SSSR count). The first-order chi connectivity index (χ1) is 15.1. The van der Waals surface area contributed by atoms with E-state index in [2.05, 4.69) is 15.6 Å². The van der Waals surface area contributed by atoms with Gasteiger partial charge in [-0.3, -0.25) is 4.79 Å². The largest absolute Gasteiger partial charge is 0.387 e. The number of anilines is 2. The van der Waals surface area contributed by atoms with Gasteiger partial charge in [-0.15, -0.1) is 11.3 Å². The van der Waals surface area contributed by atoms with E-state index in [1.807, 2.05) is 43.5 Å². The van der Waals surface area contributed by atoms with E-state index in [0.29, 0.717) is 18.4 Å². The molecular weight excluding hydrogens is 410 g/mol. The molecule has 1 amide bonds. The third-order valence-electron chi connectivity index (χ3n) is 5.62. The molecule has 0 saturated heterocycles. The second-order valence-electron chi connectivity index (χ2n) is 7.99. The summed E-state index contributed by atoms with van der Waals surface area (Å²) in [5.74, 6) is 2.18. The van der Waals surface area contributed by atoms with Gasteiger partial charge >= 0.3 is 0 Å². The van der Waals surface area contributed by atoms with E-state index in [1.165, 1.54) is 0 Å². The van der Waals surface area contributed by atoms with Crippen LogP contribution in [0, 0.1) is 12.8 Å². The van der Waals surface area contributed by atoms with E-state index < -0.39 is 6.61 Å². The lowest BCUT2D eigenvalue weighted by Gasteiger charge is -2.27. The summed E-state index contributed by atoms with van der Waals surface area (Å²) in [6.45, 7) is 2.24. The highest BCUT2D eigenvalue weighted by Crippen LogP contribution is 2.39. The molecule has 0 unspecified atom stereocenters. The fraction of sp³-hybridized carbons (Fsp3) is 0.391. The minimum Gasteiger partial charge on any atom is -0.387 e. The van der Waals surface area contributed by atoms with Gasteiger partial charge in [0.25, 0.3) is 0 Å². The maximum Gasteiger partial charge on any atom is 0.245 e. The van der Waals surface area contributed by atoms with Crippen molar-refractivity contribution in [2.75, 3.05) is 18.5 Å². The first kappa shape index (κ1) is 21.4. The van der Waals surface area contributed by atoms with E-state index in [9.17, 15) is 4.79 Å². The van der Waals surface area contributed by atoms with Crippen LogP contribution in [-0.2, 0) is 4.79 Å². The Bertz CT molecular complexity index is 1030. The summed E-state index contributed by atoms with van der Waals surface area (Å²) in [5.41, 5.74) is 2.05. The maximum absolute atomic E-state index is 11.2.